The van der Waals surface area contributed by atoms with Crippen molar-refractivity contribution in [1.82, 2.24) is 10.6 Å². The molecule has 0 aromatic carbocycles. The van der Waals surface area contributed by atoms with E-state index in [4.69, 9.17) is 9.84 Å². The van der Waals surface area contributed by atoms with Crippen molar-refractivity contribution in [2.75, 3.05) is 31.8 Å². The number of hydrogen-bond acceptors (Lipinski definition) is 4. The summed E-state index contributed by atoms with van der Waals surface area (Å²) in [4.78, 5) is 22.5. The lowest BCUT2D eigenvalue weighted by atomic mass is 10.2. The Morgan fingerprint density at radius 2 is 2.20 bits per heavy atom. The van der Waals surface area contributed by atoms with Gasteiger partial charge in [0, 0.05) is 19.8 Å². The average molecular weight is 304 g/mol. The van der Waals surface area contributed by atoms with Crippen LogP contribution in [0.2, 0.25) is 0 Å². The van der Waals surface area contributed by atoms with E-state index in [0.717, 1.165) is 18.9 Å². The minimum Gasteiger partial charge on any atom is -0.480 e. The molecule has 0 aromatic rings. The average Bonchev–Trinajstić information content (AvgIpc) is 3.22. The predicted molar refractivity (Wildman–Crippen MR) is 79.1 cm³/mol. The molecule has 6 nitrogen and oxygen atoms in total. The lowest BCUT2D eigenvalue weighted by molar-refractivity contribution is -0.139. The second-order valence-electron chi connectivity index (χ2n) is 4.94. The number of urea groups is 1. The molecule has 0 heterocycles. The summed E-state index contributed by atoms with van der Waals surface area (Å²) < 4.78 is 5.44. The molecule has 0 radical (unpaired) electrons. The van der Waals surface area contributed by atoms with Gasteiger partial charge in [0.05, 0.1) is 0 Å². The fourth-order valence-electron chi connectivity index (χ4n) is 1.61. The molecule has 1 atom stereocenters. The normalized spacial score (nSPS) is 15.7. The van der Waals surface area contributed by atoms with Crippen LogP contribution in [0, 0.1) is 5.92 Å². The van der Waals surface area contributed by atoms with Gasteiger partial charge in [0.15, 0.2) is 0 Å². The van der Waals surface area contributed by atoms with Gasteiger partial charge in [0.25, 0.3) is 0 Å². The van der Waals surface area contributed by atoms with Gasteiger partial charge in [-0.05, 0) is 43.6 Å². The summed E-state index contributed by atoms with van der Waals surface area (Å²) in [5.41, 5.74) is 0. The number of rotatable bonds is 11. The zero-order valence-electron chi connectivity index (χ0n) is 11.9. The van der Waals surface area contributed by atoms with Gasteiger partial charge in [-0.15, -0.1) is 0 Å². The smallest absolute Gasteiger partial charge is 0.326 e. The summed E-state index contributed by atoms with van der Waals surface area (Å²) in [6.07, 6.45) is 5.61. The Balaban J connectivity index is 2.02. The molecular weight excluding hydrogens is 280 g/mol. The van der Waals surface area contributed by atoms with Crippen molar-refractivity contribution in [3.63, 3.8) is 0 Å². The van der Waals surface area contributed by atoms with Gasteiger partial charge in [-0.2, -0.15) is 11.8 Å². The predicted octanol–water partition coefficient (Wildman–Crippen LogP) is 1.31. The molecule has 0 aliphatic heterocycles. The van der Waals surface area contributed by atoms with Crippen LogP contribution in [-0.2, 0) is 9.53 Å². The van der Waals surface area contributed by atoms with E-state index in [1.807, 2.05) is 6.26 Å². The quantitative estimate of drug-likeness (QED) is 0.501. The van der Waals surface area contributed by atoms with Crippen molar-refractivity contribution in [2.45, 2.75) is 31.7 Å². The molecule has 1 rings (SSSR count). The number of nitrogens with one attached hydrogen (secondary N) is 2. The zero-order chi connectivity index (χ0) is 14.8. The number of aliphatic carboxylic acids is 1. The number of carboxylic acids is 1. The Morgan fingerprint density at radius 3 is 2.80 bits per heavy atom. The van der Waals surface area contributed by atoms with Crippen molar-refractivity contribution >= 4 is 23.8 Å². The summed E-state index contributed by atoms with van der Waals surface area (Å²) >= 11 is 1.56. The molecule has 3 N–H and O–H groups in total. The maximum atomic E-state index is 11.5. The maximum Gasteiger partial charge on any atom is 0.326 e. The largest absolute Gasteiger partial charge is 0.480 e. The molecule has 116 valence electrons. The van der Waals surface area contributed by atoms with Crippen molar-refractivity contribution in [2.24, 2.45) is 5.92 Å². The highest BCUT2D eigenvalue weighted by Gasteiger charge is 2.21. The van der Waals surface area contributed by atoms with Gasteiger partial charge in [-0.25, -0.2) is 9.59 Å². The second kappa shape index (κ2) is 9.88. The molecule has 2 amide bonds. The Hall–Kier alpha value is -0.950. The lowest BCUT2D eigenvalue weighted by Gasteiger charge is -2.14. The van der Waals surface area contributed by atoms with Crippen molar-refractivity contribution in [3.8, 4) is 0 Å². The molecule has 0 spiro atoms. The third-order valence-electron chi connectivity index (χ3n) is 3.02. The Kier molecular flexibility index (Phi) is 8.45. The van der Waals surface area contributed by atoms with Crippen molar-refractivity contribution in [3.05, 3.63) is 0 Å². The highest BCUT2D eigenvalue weighted by molar-refractivity contribution is 7.98. The van der Waals surface area contributed by atoms with Gasteiger partial charge in [0.1, 0.15) is 6.04 Å². The standard InChI is InChI=1S/C13H24N2O4S/c1-20-8-5-11(12(16)17)15-13(18)14-6-2-7-19-9-10-3-4-10/h10-11H,2-9H2,1H3,(H,16,17)(H2,14,15,18). The molecule has 0 saturated heterocycles. The van der Waals surface area contributed by atoms with Crippen LogP contribution in [-0.4, -0.2) is 54.9 Å². The van der Waals surface area contributed by atoms with Crippen molar-refractivity contribution in [1.29, 1.82) is 0 Å². The fourth-order valence-corrected chi connectivity index (χ4v) is 2.08. The lowest BCUT2D eigenvalue weighted by Crippen LogP contribution is -2.46. The van der Waals surface area contributed by atoms with E-state index in [1.165, 1.54) is 12.8 Å². The Morgan fingerprint density at radius 1 is 1.45 bits per heavy atom. The number of thioether (sulfide) groups is 1. The van der Waals surface area contributed by atoms with Crippen LogP contribution in [0.5, 0.6) is 0 Å². The van der Waals surface area contributed by atoms with E-state index in [9.17, 15) is 9.59 Å². The first kappa shape index (κ1) is 17.1. The van der Waals surface area contributed by atoms with Crippen LogP contribution >= 0.6 is 11.8 Å². The third-order valence-corrected chi connectivity index (χ3v) is 3.66. The third kappa shape index (κ3) is 8.27. The van der Waals surface area contributed by atoms with Crippen LogP contribution in [0.1, 0.15) is 25.7 Å². The minimum atomic E-state index is -0.998. The first-order valence-electron chi connectivity index (χ1n) is 6.97. The molecule has 20 heavy (non-hydrogen) atoms. The van der Waals surface area contributed by atoms with Gasteiger partial charge in [-0.3, -0.25) is 0 Å². The van der Waals surface area contributed by atoms with Gasteiger partial charge in [0.2, 0.25) is 0 Å². The highest BCUT2D eigenvalue weighted by atomic mass is 32.2. The highest BCUT2D eigenvalue weighted by Crippen LogP contribution is 2.28. The van der Waals surface area contributed by atoms with E-state index < -0.39 is 18.0 Å². The summed E-state index contributed by atoms with van der Waals surface area (Å²) in [7, 11) is 0. The number of amides is 2. The van der Waals surface area contributed by atoms with E-state index in [1.54, 1.807) is 11.8 Å². The molecule has 7 heteroatoms. The topological polar surface area (TPSA) is 87.7 Å². The summed E-state index contributed by atoms with van der Waals surface area (Å²) in [6.45, 7) is 1.94. The van der Waals surface area contributed by atoms with Crippen LogP contribution in [0.25, 0.3) is 0 Å². The van der Waals surface area contributed by atoms with E-state index >= 15 is 0 Å². The van der Waals surface area contributed by atoms with Crippen LogP contribution in [0.15, 0.2) is 0 Å². The molecule has 0 aromatic heterocycles. The number of carbonyl (C=O) groups is 2. The summed E-state index contributed by atoms with van der Waals surface area (Å²) in [5, 5.41) is 14.1. The monoisotopic (exact) mass is 304 g/mol. The first-order valence-corrected chi connectivity index (χ1v) is 8.36. The van der Waals surface area contributed by atoms with E-state index in [-0.39, 0.29) is 0 Å². The summed E-state index contributed by atoms with van der Waals surface area (Å²) in [6, 6.07) is -1.26. The van der Waals surface area contributed by atoms with Gasteiger partial charge in [-0.1, -0.05) is 0 Å². The molecule has 1 fully saturated rings. The van der Waals surface area contributed by atoms with Gasteiger partial charge >= 0.3 is 12.0 Å². The SMILES string of the molecule is CSCCC(NC(=O)NCCCOCC1CC1)C(=O)O. The van der Waals surface area contributed by atoms with E-state index in [2.05, 4.69) is 10.6 Å². The summed E-state index contributed by atoms with van der Waals surface area (Å²) in [5.74, 6) is 0.452. The Labute approximate surface area is 124 Å². The minimum absolute atomic E-state index is 0.425. The number of ether oxygens (including phenoxy) is 1. The molecule has 1 aliphatic carbocycles. The molecule has 0 bridgehead atoms. The second-order valence-corrected chi connectivity index (χ2v) is 5.93. The van der Waals surface area contributed by atoms with Crippen LogP contribution < -0.4 is 10.6 Å². The molecular formula is C13H24N2O4S. The van der Waals surface area contributed by atoms with E-state index in [0.29, 0.717) is 25.3 Å². The number of carbonyl (C=O) groups excluding carboxylic acids is 1. The Bertz CT molecular complexity index is 311. The first-order chi connectivity index (χ1) is 9.63. The van der Waals surface area contributed by atoms with Crippen LogP contribution in [0.4, 0.5) is 4.79 Å². The molecule has 1 saturated carbocycles. The number of carboxylic acid groups (broad SMARTS) is 1. The maximum absolute atomic E-state index is 11.5. The van der Waals surface area contributed by atoms with Crippen LogP contribution in [0.3, 0.4) is 0 Å². The zero-order valence-corrected chi connectivity index (χ0v) is 12.7. The molecule has 1 unspecified atom stereocenters. The number of hydrogen-bond donors (Lipinski definition) is 3. The van der Waals surface area contributed by atoms with Gasteiger partial charge < -0.3 is 20.5 Å². The molecule has 1 aliphatic rings. The van der Waals surface area contributed by atoms with Crippen molar-refractivity contribution < 1.29 is 19.4 Å². The fraction of sp³-hybridized carbons (Fsp3) is 0.846.